The van der Waals surface area contributed by atoms with Crippen LogP contribution in [-0.4, -0.2) is 39.8 Å². The van der Waals surface area contributed by atoms with Crippen molar-refractivity contribution in [3.8, 4) is 6.07 Å². The van der Waals surface area contributed by atoms with E-state index in [-0.39, 0.29) is 17.8 Å². The highest BCUT2D eigenvalue weighted by Crippen LogP contribution is 2.22. The second-order valence-corrected chi connectivity index (χ2v) is 6.25. The van der Waals surface area contributed by atoms with Gasteiger partial charge < -0.3 is 4.74 Å². The third kappa shape index (κ3) is 3.61. The summed E-state index contributed by atoms with van der Waals surface area (Å²) in [6.45, 7) is 6.35. The van der Waals surface area contributed by atoms with Gasteiger partial charge in [0.15, 0.2) is 11.6 Å². The van der Waals surface area contributed by atoms with Crippen molar-refractivity contribution in [3.05, 3.63) is 46.8 Å². The van der Waals surface area contributed by atoms with Crippen molar-refractivity contribution < 1.29 is 9.13 Å². The number of halogens is 1. The Morgan fingerprint density at radius 2 is 2.33 bits per heavy atom. The van der Waals surface area contributed by atoms with Crippen molar-refractivity contribution in [3.63, 3.8) is 0 Å². The van der Waals surface area contributed by atoms with Gasteiger partial charge in [0.25, 0.3) is 0 Å². The first-order chi connectivity index (χ1) is 11.6. The number of aromatic nitrogens is 3. The van der Waals surface area contributed by atoms with E-state index >= 15 is 0 Å². The number of hydrogen-bond donors (Lipinski definition) is 1. The zero-order valence-electron chi connectivity index (χ0n) is 13.8. The number of nitrogens with one attached hydrogen (secondary N) is 1. The lowest BCUT2D eigenvalue weighted by Crippen LogP contribution is -2.38. The summed E-state index contributed by atoms with van der Waals surface area (Å²) in [7, 11) is 0. The quantitative estimate of drug-likeness (QED) is 0.932. The van der Waals surface area contributed by atoms with Gasteiger partial charge >= 0.3 is 0 Å². The van der Waals surface area contributed by atoms with Crippen molar-refractivity contribution in [1.82, 2.24) is 20.1 Å². The van der Waals surface area contributed by atoms with Crippen molar-refractivity contribution in [2.45, 2.75) is 32.4 Å². The molecule has 3 rings (SSSR count). The molecule has 1 atom stereocenters. The summed E-state index contributed by atoms with van der Waals surface area (Å²) < 4.78 is 19.8. The molecule has 1 aliphatic rings. The Morgan fingerprint density at radius 1 is 1.50 bits per heavy atom. The van der Waals surface area contributed by atoms with Crippen LogP contribution in [0.3, 0.4) is 0 Å². The van der Waals surface area contributed by atoms with Gasteiger partial charge in [0.2, 0.25) is 0 Å². The maximum absolute atomic E-state index is 14.0. The third-order valence-corrected chi connectivity index (χ3v) is 4.06. The smallest absolute Gasteiger partial charge is 0.155 e. The Balaban J connectivity index is 1.70. The summed E-state index contributed by atoms with van der Waals surface area (Å²) in [6, 6.07) is 6.48. The van der Waals surface area contributed by atoms with E-state index in [2.05, 4.69) is 20.1 Å². The van der Waals surface area contributed by atoms with E-state index in [1.165, 1.54) is 12.1 Å². The number of H-pyrrole nitrogens is 1. The van der Waals surface area contributed by atoms with Gasteiger partial charge in [-0.2, -0.15) is 10.4 Å². The number of rotatable bonds is 4. The van der Waals surface area contributed by atoms with Gasteiger partial charge in [-0.15, -0.1) is 0 Å². The predicted molar refractivity (Wildman–Crippen MR) is 85.6 cm³/mol. The molecule has 0 saturated carbocycles. The van der Waals surface area contributed by atoms with Crippen LogP contribution in [0, 0.1) is 17.1 Å². The van der Waals surface area contributed by atoms with Gasteiger partial charge in [0, 0.05) is 31.1 Å². The van der Waals surface area contributed by atoms with Crippen LogP contribution in [0.25, 0.3) is 0 Å². The van der Waals surface area contributed by atoms with E-state index in [1.54, 1.807) is 6.07 Å². The first-order valence-corrected chi connectivity index (χ1v) is 8.01. The number of ether oxygens (including phenoxy) is 1. The number of aromatic amines is 1. The molecule has 6 nitrogen and oxygen atoms in total. The van der Waals surface area contributed by atoms with E-state index in [0.29, 0.717) is 43.2 Å². The SMILES string of the molecule is CC(C)c1n[nH]c(C2CN(Cc3cc(C#N)ccc3F)CCO2)n1. The van der Waals surface area contributed by atoms with Crippen LogP contribution in [-0.2, 0) is 11.3 Å². The molecule has 0 amide bonds. The summed E-state index contributed by atoms with van der Waals surface area (Å²) >= 11 is 0. The Kier molecular flexibility index (Phi) is 4.88. The lowest BCUT2D eigenvalue weighted by Gasteiger charge is -2.31. The molecule has 2 aromatic rings. The third-order valence-electron chi connectivity index (χ3n) is 4.06. The van der Waals surface area contributed by atoms with Gasteiger partial charge in [0.05, 0.1) is 18.2 Å². The number of benzene rings is 1. The van der Waals surface area contributed by atoms with Crippen molar-refractivity contribution in [2.75, 3.05) is 19.7 Å². The molecule has 2 heterocycles. The van der Waals surface area contributed by atoms with Crippen molar-refractivity contribution in [1.29, 1.82) is 5.26 Å². The highest BCUT2D eigenvalue weighted by Gasteiger charge is 2.25. The lowest BCUT2D eigenvalue weighted by molar-refractivity contribution is -0.0373. The zero-order valence-corrected chi connectivity index (χ0v) is 13.8. The van der Waals surface area contributed by atoms with Crippen LogP contribution in [0.5, 0.6) is 0 Å². The molecular weight excluding hydrogens is 309 g/mol. The molecule has 1 aliphatic heterocycles. The Labute approximate surface area is 140 Å². The molecule has 7 heteroatoms. The fourth-order valence-electron chi connectivity index (χ4n) is 2.71. The van der Waals surface area contributed by atoms with E-state index < -0.39 is 0 Å². The molecule has 0 spiro atoms. The standard InChI is InChI=1S/C17H20FN5O/c1-11(2)16-20-17(22-21-16)15-10-23(5-6-24-15)9-13-7-12(8-19)3-4-14(13)18/h3-4,7,11,15H,5-6,9-10H2,1-2H3,(H,20,21,22). The monoisotopic (exact) mass is 329 g/mol. The number of nitrogens with zero attached hydrogens (tertiary/aromatic N) is 4. The molecule has 1 aromatic heterocycles. The summed E-state index contributed by atoms with van der Waals surface area (Å²) in [5.41, 5.74) is 0.989. The number of morpholine rings is 1. The molecule has 0 radical (unpaired) electrons. The summed E-state index contributed by atoms with van der Waals surface area (Å²) in [5, 5.41) is 16.1. The first kappa shape index (κ1) is 16.6. The van der Waals surface area contributed by atoms with E-state index in [1.807, 2.05) is 19.9 Å². The van der Waals surface area contributed by atoms with Gasteiger partial charge in [-0.05, 0) is 18.2 Å². The Hall–Kier alpha value is -2.30. The van der Waals surface area contributed by atoms with E-state index in [4.69, 9.17) is 10.00 Å². The van der Waals surface area contributed by atoms with Crippen LogP contribution in [0.1, 0.15) is 48.6 Å². The van der Waals surface area contributed by atoms with Gasteiger partial charge in [-0.1, -0.05) is 13.8 Å². The van der Waals surface area contributed by atoms with Crippen LogP contribution < -0.4 is 0 Å². The maximum atomic E-state index is 14.0. The fraction of sp³-hybridized carbons (Fsp3) is 0.471. The van der Waals surface area contributed by atoms with Crippen LogP contribution in [0.4, 0.5) is 4.39 Å². The normalized spacial score (nSPS) is 18.7. The minimum absolute atomic E-state index is 0.207. The molecule has 1 fully saturated rings. The highest BCUT2D eigenvalue weighted by molar-refractivity contribution is 5.33. The molecule has 1 saturated heterocycles. The predicted octanol–water partition coefficient (Wildman–Crippen LogP) is 2.51. The lowest BCUT2D eigenvalue weighted by atomic mass is 10.1. The molecule has 1 aromatic carbocycles. The Morgan fingerprint density at radius 3 is 3.04 bits per heavy atom. The summed E-state index contributed by atoms with van der Waals surface area (Å²) in [4.78, 5) is 6.59. The topological polar surface area (TPSA) is 77.8 Å². The molecule has 1 unspecified atom stereocenters. The molecule has 0 bridgehead atoms. The minimum Gasteiger partial charge on any atom is -0.368 e. The van der Waals surface area contributed by atoms with Gasteiger partial charge in [-0.25, -0.2) is 9.37 Å². The van der Waals surface area contributed by atoms with Gasteiger partial charge in [0.1, 0.15) is 11.9 Å². The Bertz CT molecular complexity index is 752. The largest absolute Gasteiger partial charge is 0.368 e. The highest BCUT2D eigenvalue weighted by atomic mass is 19.1. The number of hydrogen-bond acceptors (Lipinski definition) is 5. The van der Waals surface area contributed by atoms with E-state index in [9.17, 15) is 4.39 Å². The van der Waals surface area contributed by atoms with Crippen LogP contribution in [0.2, 0.25) is 0 Å². The fourth-order valence-corrected chi connectivity index (χ4v) is 2.71. The molecular formula is C17H20FN5O. The van der Waals surface area contributed by atoms with Crippen molar-refractivity contribution in [2.24, 2.45) is 0 Å². The van der Waals surface area contributed by atoms with Crippen molar-refractivity contribution >= 4 is 0 Å². The maximum Gasteiger partial charge on any atom is 0.155 e. The van der Waals surface area contributed by atoms with E-state index in [0.717, 1.165) is 5.82 Å². The zero-order chi connectivity index (χ0) is 17.1. The average Bonchev–Trinajstić information content (AvgIpc) is 3.07. The molecule has 0 aliphatic carbocycles. The summed E-state index contributed by atoms with van der Waals surface area (Å²) in [6.07, 6.45) is -0.207. The molecule has 1 N–H and O–H groups in total. The minimum atomic E-state index is -0.293. The average molecular weight is 329 g/mol. The number of nitriles is 1. The molecule has 24 heavy (non-hydrogen) atoms. The summed E-state index contributed by atoms with van der Waals surface area (Å²) in [5.74, 6) is 1.42. The molecule has 126 valence electrons. The second-order valence-electron chi connectivity index (χ2n) is 6.25. The van der Waals surface area contributed by atoms with Crippen LogP contribution in [0.15, 0.2) is 18.2 Å². The van der Waals surface area contributed by atoms with Crippen LogP contribution >= 0.6 is 0 Å². The first-order valence-electron chi connectivity index (χ1n) is 8.01. The second kappa shape index (κ2) is 7.07. The van der Waals surface area contributed by atoms with Gasteiger partial charge in [-0.3, -0.25) is 10.00 Å².